The van der Waals surface area contributed by atoms with Crippen LogP contribution < -0.4 is 0 Å². The van der Waals surface area contributed by atoms with Gasteiger partial charge in [-0.1, -0.05) is 0 Å². The van der Waals surface area contributed by atoms with Crippen LogP contribution in [0.3, 0.4) is 0 Å². The lowest BCUT2D eigenvalue weighted by atomic mass is 10.2. The Bertz CT molecular complexity index is 250. The van der Waals surface area contributed by atoms with Gasteiger partial charge in [0.2, 0.25) is 0 Å². The minimum Gasteiger partial charge on any atom is -0.250 e. The number of aryl methyl sites for hydroxylation is 1. The van der Waals surface area contributed by atoms with Crippen LogP contribution in [0, 0.1) is 0 Å². The van der Waals surface area contributed by atoms with Gasteiger partial charge in [0.25, 0.3) is 0 Å². The summed E-state index contributed by atoms with van der Waals surface area (Å²) in [7, 11) is 0. The zero-order chi connectivity index (χ0) is 6.81. The molecule has 0 saturated carbocycles. The summed E-state index contributed by atoms with van der Waals surface area (Å²) < 4.78 is 0. The van der Waals surface area contributed by atoms with E-state index in [2.05, 4.69) is 16.4 Å². The number of rotatable bonds is 0. The van der Waals surface area contributed by atoms with E-state index in [9.17, 15) is 0 Å². The summed E-state index contributed by atoms with van der Waals surface area (Å²) in [4.78, 5) is 4.34. The number of thiophene rings is 1. The summed E-state index contributed by atoms with van der Waals surface area (Å²) in [5, 5.41) is 3.34. The van der Waals surface area contributed by atoms with Crippen LogP contribution in [-0.2, 0) is 6.42 Å². The minimum absolute atomic E-state index is 1.14. The van der Waals surface area contributed by atoms with Crippen molar-refractivity contribution < 1.29 is 0 Å². The summed E-state index contributed by atoms with van der Waals surface area (Å²) in [6, 6.07) is 2.18. The monoisotopic (exact) mass is 151 g/mol. The first-order valence-electron chi connectivity index (χ1n) is 3.56. The largest absolute Gasteiger partial charge is 0.250 e. The molecule has 52 valence electrons. The van der Waals surface area contributed by atoms with Crippen LogP contribution in [-0.4, -0.2) is 6.21 Å². The Morgan fingerprint density at radius 3 is 3.50 bits per heavy atom. The fourth-order valence-electron chi connectivity index (χ4n) is 1.16. The second kappa shape index (κ2) is 2.54. The van der Waals surface area contributed by atoms with E-state index in [4.69, 9.17) is 0 Å². The maximum absolute atomic E-state index is 4.34. The molecule has 0 N–H and O–H groups in total. The number of nitrogens with zero attached hydrogens (tertiary/aromatic N) is 1. The molecule has 10 heavy (non-hydrogen) atoms. The lowest BCUT2D eigenvalue weighted by Crippen LogP contribution is -1.78. The normalized spacial score (nSPS) is 16.4. The first-order valence-corrected chi connectivity index (χ1v) is 4.44. The Morgan fingerprint density at radius 2 is 2.50 bits per heavy atom. The van der Waals surface area contributed by atoms with Crippen molar-refractivity contribution in [3.63, 3.8) is 0 Å². The van der Waals surface area contributed by atoms with E-state index in [1.165, 1.54) is 23.4 Å². The zero-order valence-electron chi connectivity index (χ0n) is 5.71. The first kappa shape index (κ1) is 6.10. The number of hydrogen-bond donors (Lipinski definition) is 0. The van der Waals surface area contributed by atoms with E-state index in [0.29, 0.717) is 0 Å². The van der Waals surface area contributed by atoms with Crippen molar-refractivity contribution in [3.8, 4) is 0 Å². The van der Waals surface area contributed by atoms with E-state index in [-0.39, 0.29) is 0 Å². The van der Waals surface area contributed by atoms with Gasteiger partial charge in [-0.2, -0.15) is 0 Å². The van der Waals surface area contributed by atoms with Crippen molar-refractivity contribution >= 4 is 22.6 Å². The van der Waals surface area contributed by atoms with Gasteiger partial charge in [0.15, 0.2) is 0 Å². The summed E-state index contributed by atoms with van der Waals surface area (Å²) >= 11 is 1.74. The molecular formula is C8H9NS. The molecule has 0 atom stereocenters. The Morgan fingerprint density at radius 1 is 1.50 bits per heavy atom. The van der Waals surface area contributed by atoms with E-state index in [1.807, 2.05) is 6.21 Å². The molecule has 2 heteroatoms. The standard InChI is InChI=1S/C8H9NS/c1-2-5-9-8-7(3-1)4-6-10-8/h4-6H,1-3H2. The van der Waals surface area contributed by atoms with Crippen molar-refractivity contribution in [3.05, 3.63) is 17.0 Å². The van der Waals surface area contributed by atoms with E-state index in [0.717, 1.165) is 6.42 Å². The Labute approximate surface area is 64.4 Å². The molecule has 0 unspecified atom stereocenters. The summed E-state index contributed by atoms with van der Waals surface area (Å²) in [6.07, 6.45) is 5.63. The van der Waals surface area contributed by atoms with Gasteiger partial charge >= 0.3 is 0 Å². The average molecular weight is 151 g/mol. The fraction of sp³-hybridized carbons (Fsp3) is 0.375. The zero-order valence-corrected chi connectivity index (χ0v) is 6.53. The van der Waals surface area contributed by atoms with Gasteiger partial charge in [0, 0.05) is 6.21 Å². The molecule has 2 heterocycles. The molecule has 0 radical (unpaired) electrons. The highest BCUT2D eigenvalue weighted by Gasteiger charge is 2.03. The predicted octanol–water partition coefficient (Wildman–Crippen LogP) is 2.79. The van der Waals surface area contributed by atoms with Crippen LogP contribution >= 0.6 is 11.3 Å². The van der Waals surface area contributed by atoms with E-state index in [1.54, 1.807) is 11.3 Å². The maximum atomic E-state index is 4.34. The van der Waals surface area contributed by atoms with E-state index < -0.39 is 0 Å². The summed E-state index contributed by atoms with van der Waals surface area (Å²) in [5.74, 6) is 0. The number of hydrogen-bond acceptors (Lipinski definition) is 2. The predicted molar refractivity (Wildman–Crippen MR) is 45.4 cm³/mol. The number of fused-ring (bicyclic) bond motifs is 1. The third-order valence-electron chi connectivity index (χ3n) is 1.71. The Kier molecular flexibility index (Phi) is 1.55. The molecule has 0 bridgehead atoms. The smallest absolute Gasteiger partial charge is 0.118 e. The SMILES string of the molecule is C1=Nc2sccc2CCC1. The highest BCUT2D eigenvalue weighted by atomic mass is 32.1. The Balaban J connectivity index is 2.42. The Hall–Kier alpha value is -0.630. The lowest BCUT2D eigenvalue weighted by Gasteiger charge is -1.90. The first-order chi connectivity index (χ1) is 4.97. The molecule has 2 rings (SSSR count). The van der Waals surface area contributed by atoms with Gasteiger partial charge in [-0.15, -0.1) is 11.3 Å². The van der Waals surface area contributed by atoms with Gasteiger partial charge in [0.05, 0.1) is 0 Å². The quantitative estimate of drug-likeness (QED) is 0.540. The van der Waals surface area contributed by atoms with Crippen LogP contribution in [0.15, 0.2) is 16.4 Å². The van der Waals surface area contributed by atoms with Gasteiger partial charge in [-0.25, -0.2) is 0 Å². The van der Waals surface area contributed by atoms with Crippen molar-refractivity contribution in [1.82, 2.24) is 0 Å². The van der Waals surface area contributed by atoms with E-state index >= 15 is 0 Å². The van der Waals surface area contributed by atoms with Crippen molar-refractivity contribution in [1.29, 1.82) is 0 Å². The maximum Gasteiger partial charge on any atom is 0.118 e. The topological polar surface area (TPSA) is 12.4 Å². The molecule has 0 aromatic carbocycles. The van der Waals surface area contributed by atoms with Crippen LogP contribution in [0.5, 0.6) is 0 Å². The molecule has 1 aliphatic rings. The molecule has 0 spiro atoms. The molecule has 0 aliphatic carbocycles. The molecule has 0 amide bonds. The summed E-state index contributed by atoms with van der Waals surface area (Å²) in [6.45, 7) is 0. The number of aliphatic imine (C=N–C) groups is 1. The highest BCUT2D eigenvalue weighted by molar-refractivity contribution is 7.14. The highest BCUT2D eigenvalue weighted by Crippen LogP contribution is 2.29. The molecule has 1 nitrogen and oxygen atoms in total. The fourth-order valence-corrected chi connectivity index (χ4v) is 1.98. The summed E-state index contributed by atoms with van der Waals surface area (Å²) in [5.41, 5.74) is 1.43. The molecule has 0 fully saturated rings. The van der Waals surface area contributed by atoms with Gasteiger partial charge in [-0.05, 0) is 36.3 Å². The van der Waals surface area contributed by atoms with Gasteiger partial charge in [-0.3, -0.25) is 4.99 Å². The second-order valence-corrected chi connectivity index (χ2v) is 3.35. The van der Waals surface area contributed by atoms with Gasteiger partial charge < -0.3 is 0 Å². The van der Waals surface area contributed by atoms with Crippen LogP contribution in [0.25, 0.3) is 0 Å². The van der Waals surface area contributed by atoms with Crippen molar-refractivity contribution in [2.24, 2.45) is 4.99 Å². The van der Waals surface area contributed by atoms with Crippen LogP contribution in [0.1, 0.15) is 18.4 Å². The molecule has 1 aliphatic heterocycles. The molecular weight excluding hydrogens is 142 g/mol. The lowest BCUT2D eigenvalue weighted by molar-refractivity contribution is 0.888. The second-order valence-electron chi connectivity index (χ2n) is 2.45. The third-order valence-corrected chi connectivity index (χ3v) is 2.57. The van der Waals surface area contributed by atoms with Crippen molar-refractivity contribution in [2.45, 2.75) is 19.3 Å². The minimum atomic E-state index is 1.14. The molecule has 0 saturated heterocycles. The average Bonchev–Trinajstić information content (AvgIpc) is 2.28. The molecule has 1 aromatic rings. The third kappa shape index (κ3) is 0.991. The van der Waals surface area contributed by atoms with Crippen molar-refractivity contribution in [2.75, 3.05) is 0 Å². The van der Waals surface area contributed by atoms with Crippen LogP contribution in [0.2, 0.25) is 0 Å². The van der Waals surface area contributed by atoms with Gasteiger partial charge in [0.1, 0.15) is 5.00 Å². The van der Waals surface area contributed by atoms with Crippen LogP contribution in [0.4, 0.5) is 5.00 Å². The molecule has 1 aromatic heterocycles.